The zero-order valence-electron chi connectivity index (χ0n) is 15.6. The molecule has 0 radical (unpaired) electrons. The van der Waals surface area contributed by atoms with Crippen LogP contribution in [0.3, 0.4) is 0 Å². The number of carbonyl (C=O) groups is 1. The fraction of sp³-hybridized carbons (Fsp3) is 0.125. The number of ether oxygens (including phenoxy) is 2. The summed E-state index contributed by atoms with van der Waals surface area (Å²) in [6, 6.07) is 27.8. The Morgan fingerprint density at radius 2 is 1.54 bits per heavy atom. The number of hydrogen-bond acceptors (Lipinski definition) is 4. The molecule has 0 aliphatic carbocycles. The van der Waals surface area contributed by atoms with Crippen molar-refractivity contribution in [2.24, 2.45) is 0 Å². The molecule has 1 unspecified atom stereocenters. The smallest absolute Gasteiger partial charge is 0.229 e. The largest absolute Gasteiger partial charge is 0.497 e. The Labute approximate surface area is 164 Å². The van der Waals surface area contributed by atoms with Gasteiger partial charge in [0.1, 0.15) is 5.75 Å². The Kier molecular flexibility index (Phi) is 5.11. The lowest BCUT2D eigenvalue weighted by Crippen LogP contribution is -2.31. The standard InChI is InChI=1S/C24H21NO3/c1-27-21-14-12-20(13-15-21)24-23(19-10-6-3-7-11-19)25(22(17-26)28-24)16-18-8-4-2-5-9-18/h2-15,17,22H,16H2,1H3. The summed E-state index contributed by atoms with van der Waals surface area (Å²) in [5.41, 5.74) is 3.93. The molecule has 1 aliphatic heterocycles. The monoisotopic (exact) mass is 371 g/mol. The van der Waals surface area contributed by atoms with Crippen LogP contribution in [0.1, 0.15) is 16.7 Å². The minimum atomic E-state index is -0.674. The van der Waals surface area contributed by atoms with E-state index in [0.717, 1.165) is 34.4 Å². The van der Waals surface area contributed by atoms with E-state index in [0.29, 0.717) is 12.3 Å². The third-order valence-electron chi connectivity index (χ3n) is 4.76. The molecule has 0 aromatic heterocycles. The maximum atomic E-state index is 11.8. The second kappa shape index (κ2) is 8.01. The molecule has 3 aromatic carbocycles. The molecule has 4 heteroatoms. The first-order chi connectivity index (χ1) is 13.8. The molecule has 0 N–H and O–H groups in total. The lowest BCUT2D eigenvalue weighted by molar-refractivity contribution is -0.119. The fourth-order valence-corrected chi connectivity index (χ4v) is 3.39. The van der Waals surface area contributed by atoms with E-state index in [2.05, 4.69) is 12.1 Å². The molecule has 0 fully saturated rings. The van der Waals surface area contributed by atoms with Gasteiger partial charge in [0.25, 0.3) is 0 Å². The predicted octanol–water partition coefficient (Wildman–Crippen LogP) is 4.58. The number of benzene rings is 3. The van der Waals surface area contributed by atoms with Gasteiger partial charge in [-0.25, -0.2) is 0 Å². The fourth-order valence-electron chi connectivity index (χ4n) is 3.39. The third kappa shape index (κ3) is 3.49. The highest BCUT2D eigenvalue weighted by atomic mass is 16.5. The van der Waals surface area contributed by atoms with Crippen molar-refractivity contribution < 1.29 is 14.3 Å². The second-order valence-corrected chi connectivity index (χ2v) is 6.53. The first-order valence-electron chi connectivity index (χ1n) is 9.17. The number of carbonyl (C=O) groups excluding carboxylic acids is 1. The molecule has 140 valence electrons. The Morgan fingerprint density at radius 1 is 0.893 bits per heavy atom. The van der Waals surface area contributed by atoms with Crippen LogP contribution in [0.25, 0.3) is 11.5 Å². The van der Waals surface area contributed by atoms with E-state index in [1.807, 2.05) is 77.7 Å². The van der Waals surface area contributed by atoms with E-state index in [9.17, 15) is 4.79 Å². The third-order valence-corrected chi connectivity index (χ3v) is 4.76. The minimum absolute atomic E-state index is 0.578. The van der Waals surface area contributed by atoms with Crippen molar-refractivity contribution in [2.75, 3.05) is 7.11 Å². The van der Waals surface area contributed by atoms with Crippen molar-refractivity contribution >= 4 is 17.7 Å². The van der Waals surface area contributed by atoms with Gasteiger partial charge < -0.3 is 14.4 Å². The molecule has 1 heterocycles. The average Bonchev–Trinajstić information content (AvgIpc) is 3.13. The van der Waals surface area contributed by atoms with Crippen molar-refractivity contribution in [3.8, 4) is 5.75 Å². The Bertz CT molecular complexity index is 966. The number of aldehydes is 1. The van der Waals surface area contributed by atoms with Gasteiger partial charge in [-0.2, -0.15) is 0 Å². The maximum absolute atomic E-state index is 11.8. The highest BCUT2D eigenvalue weighted by molar-refractivity contribution is 5.90. The van der Waals surface area contributed by atoms with Crippen LogP contribution in [0.2, 0.25) is 0 Å². The first-order valence-corrected chi connectivity index (χ1v) is 9.17. The predicted molar refractivity (Wildman–Crippen MR) is 109 cm³/mol. The summed E-state index contributed by atoms with van der Waals surface area (Å²) < 4.78 is 11.4. The summed E-state index contributed by atoms with van der Waals surface area (Å²) in [6.45, 7) is 0.578. The molecule has 0 spiro atoms. The maximum Gasteiger partial charge on any atom is 0.229 e. The minimum Gasteiger partial charge on any atom is -0.497 e. The summed E-state index contributed by atoms with van der Waals surface area (Å²) in [6.07, 6.45) is 0.176. The Balaban J connectivity index is 1.82. The number of nitrogens with zero attached hydrogens (tertiary/aromatic N) is 1. The van der Waals surface area contributed by atoms with Gasteiger partial charge in [0, 0.05) is 17.7 Å². The molecular weight excluding hydrogens is 350 g/mol. The normalized spacial score (nSPS) is 16.0. The van der Waals surface area contributed by atoms with E-state index in [4.69, 9.17) is 9.47 Å². The summed E-state index contributed by atoms with van der Waals surface area (Å²) in [5, 5.41) is 0. The van der Waals surface area contributed by atoms with Crippen LogP contribution in [0.4, 0.5) is 0 Å². The molecule has 28 heavy (non-hydrogen) atoms. The zero-order valence-corrected chi connectivity index (χ0v) is 15.6. The van der Waals surface area contributed by atoms with Crippen molar-refractivity contribution in [3.05, 3.63) is 102 Å². The van der Waals surface area contributed by atoms with Crippen LogP contribution in [0.5, 0.6) is 5.75 Å². The zero-order chi connectivity index (χ0) is 19.3. The van der Waals surface area contributed by atoms with Crippen LogP contribution in [-0.2, 0) is 16.1 Å². The van der Waals surface area contributed by atoms with Gasteiger partial charge in [0.2, 0.25) is 6.23 Å². The van der Waals surface area contributed by atoms with Gasteiger partial charge in [0.05, 0.1) is 12.8 Å². The van der Waals surface area contributed by atoms with Gasteiger partial charge >= 0.3 is 0 Å². The van der Waals surface area contributed by atoms with Gasteiger partial charge in [-0.05, 0) is 29.8 Å². The van der Waals surface area contributed by atoms with Gasteiger partial charge in [-0.1, -0.05) is 60.7 Å². The van der Waals surface area contributed by atoms with Crippen LogP contribution < -0.4 is 4.74 Å². The van der Waals surface area contributed by atoms with Crippen LogP contribution >= 0.6 is 0 Å². The molecule has 0 amide bonds. The molecule has 1 atom stereocenters. The van der Waals surface area contributed by atoms with Crippen molar-refractivity contribution in [1.82, 2.24) is 4.90 Å². The van der Waals surface area contributed by atoms with Gasteiger partial charge in [-0.15, -0.1) is 0 Å². The summed E-state index contributed by atoms with van der Waals surface area (Å²) in [7, 11) is 1.64. The molecule has 4 rings (SSSR count). The molecular formula is C24H21NO3. The van der Waals surface area contributed by atoms with E-state index in [-0.39, 0.29) is 0 Å². The second-order valence-electron chi connectivity index (χ2n) is 6.53. The molecule has 0 saturated carbocycles. The average molecular weight is 371 g/mol. The van der Waals surface area contributed by atoms with Crippen LogP contribution in [0, 0.1) is 0 Å². The molecule has 4 nitrogen and oxygen atoms in total. The first kappa shape index (κ1) is 17.9. The van der Waals surface area contributed by atoms with E-state index < -0.39 is 6.23 Å². The van der Waals surface area contributed by atoms with Crippen LogP contribution in [-0.4, -0.2) is 24.5 Å². The van der Waals surface area contributed by atoms with Crippen molar-refractivity contribution in [2.45, 2.75) is 12.8 Å². The highest BCUT2D eigenvalue weighted by Crippen LogP contribution is 2.39. The van der Waals surface area contributed by atoms with E-state index in [1.54, 1.807) is 7.11 Å². The van der Waals surface area contributed by atoms with Crippen LogP contribution in [0.15, 0.2) is 84.9 Å². The number of hydrogen-bond donors (Lipinski definition) is 0. The van der Waals surface area contributed by atoms with Crippen molar-refractivity contribution in [3.63, 3.8) is 0 Å². The van der Waals surface area contributed by atoms with Gasteiger partial charge in [-0.3, -0.25) is 4.79 Å². The van der Waals surface area contributed by atoms with E-state index in [1.165, 1.54) is 0 Å². The number of rotatable bonds is 6. The summed E-state index contributed by atoms with van der Waals surface area (Å²) >= 11 is 0. The summed E-state index contributed by atoms with van der Waals surface area (Å²) in [4.78, 5) is 13.9. The summed E-state index contributed by atoms with van der Waals surface area (Å²) in [5.74, 6) is 1.47. The molecule has 3 aromatic rings. The molecule has 0 saturated heterocycles. The quantitative estimate of drug-likeness (QED) is 0.595. The topological polar surface area (TPSA) is 38.8 Å². The lowest BCUT2D eigenvalue weighted by atomic mass is 10.1. The number of methoxy groups -OCH3 is 1. The Morgan fingerprint density at radius 3 is 2.14 bits per heavy atom. The molecule has 0 bridgehead atoms. The van der Waals surface area contributed by atoms with E-state index >= 15 is 0 Å². The highest BCUT2D eigenvalue weighted by Gasteiger charge is 2.34. The molecule has 1 aliphatic rings. The SMILES string of the molecule is COc1ccc(C2=C(c3ccccc3)N(Cc3ccccc3)C(C=O)O2)cc1. The Hall–Kier alpha value is -3.53. The van der Waals surface area contributed by atoms with Crippen molar-refractivity contribution in [1.29, 1.82) is 0 Å². The lowest BCUT2D eigenvalue weighted by Gasteiger charge is -2.24. The van der Waals surface area contributed by atoms with Gasteiger partial charge in [0.15, 0.2) is 12.0 Å².